The Morgan fingerprint density at radius 2 is 2.04 bits per heavy atom. The van der Waals surface area contributed by atoms with Gasteiger partial charge in [0.1, 0.15) is 0 Å². The van der Waals surface area contributed by atoms with E-state index in [-0.39, 0.29) is 18.0 Å². The molecule has 1 aliphatic rings. The molecule has 126 valence electrons. The first-order chi connectivity index (χ1) is 11.7. The molecular formula is C18H21N3O2S. The zero-order chi connectivity index (χ0) is 16.8. The predicted molar refractivity (Wildman–Crippen MR) is 96.1 cm³/mol. The van der Waals surface area contributed by atoms with E-state index in [0.29, 0.717) is 13.0 Å². The van der Waals surface area contributed by atoms with Crippen LogP contribution in [0.15, 0.2) is 47.2 Å². The Morgan fingerprint density at radius 1 is 1.21 bits per heavy atom. The molecule has 3 rings (SSSR count). The Balaban J connectivity index is 1.44. The number of anilines is 1. The zero-order valence-electron chi connectivity index (χ0n) is 13.4. The molecule has 0 bridgehead atoms. The number of likely N-dealkylation sites (tertiary alicyclic amines) is 1. The monoisotopic (exact) mass is 343 g/mol. The molecule has 0 aliphatic carbocycles. The van der Waals surface area contributed by atoms with Gasteiger partial charge in [-0.2, -0.15) is 11.3 Å². The van der Waals surface area contributed by atoms with Crippen molar-refractivity contribution in [3.05, 3.63) is 52.7 Å². The fraction of sp³-hybridized carbons (Fsp3) is 0.333. The van der Waals surface area contributed by atoms with Gasteiger partial charge in [0.2, 0.25) is 5.91 Å². The van der Waals surface area contributed by atoms with Crippen LogP contribution in [-0.2, 0) is 4.79 Å². The van der Waals surface area contributed by atoms with Crippen LogP contribution in [0.5, 0.6) is 0 Å². The van der Waals surface area contributed by atoms with Crippen molar-refractivity contribution in [1.29, 1.82) is 0 Å². The highest BCUT2D eigenvalue weighted by Gasteiger charge is 2.29. The Morgan fingerprint density at radius 3 is 2.79 bits per heavy atom. The number of rotatable bonds is 5. The van der Waals surface area contributed by atoms with E-state index in [2.05, 4.69) is 22.1 Å². The Bertz CT molecular complexity index is 673. The van der Waals surface area contributed by atoms with Crippen molar-refractivity contribution in [2.24, 2.45) is 0 Å². The molecule has 1 saturated heterocycles. The molecule has 0 radical (unpaired) electrons. The number of urea groups is 1. The molecule has 0 unspecified atom stereocenters. The van der Waals surface area contributed by atoms with Gasteiger partial charge < -0.3 is 15.5 Å². The summed E-state index contributed by atoms with van der Waals surface area (Å²) in [6, 6.07) is 11.2. The minimum absolute atomic E-state index is 0.101. The third-order valence-corrected chi connectivity index (χ3v) is 4.86. The predicted octanol–water partition coefficient (Wildman–Crippen LogP) is 3.62. The molecule has 1 fully saturated rings. The van der Waals surface area contributed by atoms with Crippen molar-refractivity contribution in [3.63, 3.8) is 0 Å². The largest absolute Gasteiger partial charge is 0.337 e. The molecule has 2 heterocycles. The van der Waals surface area contributed by atoms with Crippen molar-refractivity contribution in [1.82, 2.24) is 10.2 Å². The summed E-state index contributed by atoms with van der Waals surface area (Å²) < 4.78 is 0. The van der Waals surface area contributed by atoms with Crippen LogP contribution in [0.4, 0.5) is 10.5 Å². The van der Waals surface area contributed by atoms with Crippen molar-refractivity contribution in [3.8, 4) is 0 Å². The molecule has 3 amide bonds. The highest BCUT2D eigenvalue weighted by molar-refractivity contribution is 7.08. The number of amides is 3. The van der Waals surface area contributed by atoms with Crippen LogP contribution in [-0.4, -0.2) is 29.9 Å². The fourth-order valence-electron chi connectivity index (χ4n) is 3.00. The van der Waals surface area contributed by atoms with E-state index in [1.807, 2.05) is 40.6 Å². The number of benzene rings is 1. The minimum atomic E-state index is -0.287. The van der Waals surface area contributed by atoms with E-state index in [9.17, 15) is 9.59 Å². The summed E-state index contributed by atoms with van der Waals surface area (Å²) >= 11 is 1.66. The number of nitrogens with one attached hydrogen (secondary N) is 2. The van der Waals surface area contributed by atoms with Crippen LogP contribution < -0.4 is 10.6 Å². The average Bonchev–Trinajstić information content (AvgIpc) is 3.26. The lowest BCUT2D eigenvalue weighted by molar-refractivity contribution is -0.132. The highest BCUT2D eigenvalue weighted by atomic mass is 32.1. The summed E-state index contributed by atoms with van der Waals surface area (Å²) in [7, 11) is 0. The lowest BCUT2D eigenvalue weighted by Gasteiger charge is -2.24. The number of thiophene rings is 1. The minimum Gasteiger partial charge on any atom is -0.337 e. The van der Waals surface area contributed by atoms with Crippen LogP contribution in [0.1, 0.15) is 30.9 Å². The van der Waals surface area contributed by atoms with E-state index in [4.69, 9.17) is 0 Å². The number of carbonyl (C=O) groups is 2. The number of para-hydroxylation sites is 1. The maximum atomic E-state index is 12.4. The molecular weight excluding hydrogens is 322 g/mol. The normalized spacial score (nSPS) is 16.8. The van der Waals surface area contributed by atoms with Crippen molar-refractivity contribution in [2.45, 2.75) is 25.3 Å². The highest BCUT2D eigenvalue weighted by Crippen LogP contribution is 2.33. The number of carbonyl (C=O) groups excluding carboxylic acids is 2. The van der Waals surface area contributed by atoms with Crippen LogP contribution in [0.3, 0.4) is 0 Å². The van der Waals surface area contributed by atoms with Crippen molar-refractivity contribution >= 4 is 29.0 Å². The smallest absolute Gasteiger partial charge is 0.319 e. The number of hydrogen-bond acceptors (Lipinski definition) is 3. The van der Waals surface area contributed by atoms with Gasteiger partial charge in [0, 0.05) is 25.2 Å². The molecule has 1 aliphatic heterocycles. The van der Waals surface area contributed by atoms with E-state index in [0.717, 1.165) is 25.1 Å². The quantitative estimate of drug-likeness (QED) is 0.871. The van der Waals surface area contributed by atoms with Gasteiger partial charge >= 0.3 is 6.03 Å². The second-order valence-corrected chi connectivity index (χ2v) is 6.58. The third kappa shape index (κ3) is 4.14. The molecule has 5 nitrogen and oxygen atoms in total. The maximum Gasteiger partial charge on any atom is 0.319 e. The van der Waals surface area contributed by atoms with Crippen LogP contribution in [0.2, 0.25) is 0 Å². The standard InChI is InChI=1S/C18H21N3O2S/c22-17(21-11-4-7-16(21)14-9-12-24-13-14)8-10-19-18(23)20-15-5-2-1-3-6-15/h1-3,5-6,9,12-13,16H,4,7-8,10-11H2,(H2,19,20,23)/t16-/m0/s1. The van der Waals surface area contributed by atoms with Gasteiger partial charge in [0.05, 0.1) is 6.04 Å². The summed E-state index contributed by atoms with van der Waals surface area (Å²) in [6.07, 6.45) is 2.38. The molecule has 2 aromatic rings. The second-order valence-electron chi connectivity index (χ2n) is 5.80. The van der Waals surface area contributed by atoms with Crippen LogP contribution in [0, 0.1) is 0 Å². The Hall–Kier alpha value is -2.34. The zero-order valence-corrected chi connectivity index (χ0v) is 14.2. The maximum absolute atomic E-state index is 12.4. The van der Waals surface area contributed by atoms with Crippen molar-refractivity contribution < 1.29 is 9.59 Å². The van der Waals surface area contributed by atoms with Gasteiger partial charge in [-0.25, -0.2) is 4.79 Å². The Labute approximate surface area is 145 Å². The summed E-state index contributed by atoms with van der Waals surface area (Å²) in [5.41, 5.74) is 1.96. The SMILES string of the molecule is O=C(NCCC(=O)N1CCC[C@H]1c1ccsc1)Nc1ccccc1. The first-order valence-corrected chi connectivity index (χ1v) is 9.10. The van der Waals surface area contributed by atoms with Crippen LogP contribution >= 0.6 is 11.3 Å². The lowest BCUT2D eigenvalue weighted by atomic mass is 10.1. The van der Waals surface area contributed by atoms with Gasteiger partial charge in [0.25, 0.3) is 0 Å². The molecule has 1 atom stereocenters. The van der Waals surface area contributed by atoms with Gasteiger partial charge in [-0.1, -0.05) is 18.2 Å². The summed E-state index contributed by atoms with van der Waals surface area (Å²) in [5, 5.41) is 9.64. The van der Waals surface area contributed by atoms with Gasteiger partial charge in [-0.05, 0) is 47.4 Å². The van der Waals surface area contributed by atoms with E-state index < -0.39 is 0 Å². The van der Waals surface area contributed by atoms with E-state index in [1.165, 1.54) is 5.56 Å². The summed E-state index contributed by atoms with van der Waals surface area (Å²) in [5.74, 6) is 0.101. The molecule has 1 aromatic carbocycles. The molecule has 6 heteroatoms. The first kappa shape index (κ1) is 16.5. The molecule has 2 N–H and O–H groups in total. The number of hydrogen-bond donors (Lipinski definition) is 2. The van der Waals surface area contributed by atoms with Gasteiger partial charge in [-0.3, -0.25) is 4.79 Å². The van der Waals surface area contributed by atoms with Gasteiger partial charge in [0.15, 0.2) is 0 Å². The van der Waals surface area contributed by atoms with Crippen molar-refractivity contribution in [2.75, 3.05) is 18.4 Å². The molecule has 1 aromatic heterocycles. The lowest BCUT2D eigenvalue weighted by Crippen LogP contribution is -2.35. The molecule has 0 spiro atoms. The Kier molecular flexibility index (Phi) is 5.48. The number of nitrogens with zero attached hydrogens (tertiary/aromatic N) is 1. The average molecular weight is 343 g/mol. The van der Waals surface area contributed by atoms with Crippen LogP contribution in [0.25, 0.3) is 0 Å². The molecule has 24 heavy (non-hydrogen) atoms. The topological polar surface area (TPSA) is 61.4 Å². The fourth-order valence-corrected chi connectivity index (χ4v) is 3.71. The van der Waals surface area contributed by atoms with Gasteiger partial charge in [-0.15, -0.1) is 0 Å². The summed E-state index contributed by atoms with van der Waals surface area (Å²) in [4.78, 5) is 26.2. The second kappa shape index (κ2) is 7.97. The summed E-state index contributed by atoms with van der Waals surface area (Å²) in [6.45, 7) is 1.14. The van der Waals surface area contributed by atoms with E-state index in [1.54, 1.807) is 11.3 Å². The third-order valence-electron chi connectivity index (χ3n) is 4.16. The first-order valence-electron chi connectivity index (χ1n) is 8.15. The molecule has 0 saturated carbocycles. The van der Waals surface area contributed by atoms with E-state index >= 15 is 0 Å².